The lowest BCUT2D eigenvalue weighted by molar-refractivity contribution is -0.137. The van der Waals surface area contributed by atoms with E-state index in [4.69, 9.17) is 5.11 Å². The Morgan fingerprint density at radius 1 is 0.725 bits per heavy atom. The van der Waals surface area contributed by atoms with Crippen LogP contribution in [0.15, 0.2) is 42.5 Å². The molecule has 6 N–H and O–H groups in total. The van der Waals surface area contributed by atoms with E-state index in [1.807, 2.05) is 0 Å². The van der Waals surface area contributed by atoms with Gasteiger partial charge in [-0.2, -0.15) is 0 Å². The van der Waals surface area contributed by atoms with Gasteiger partial charge >= 0.3 is 0 Å². The molecule has 2 rings (SSSR count). The average molecular weight is 559 g/mol. The van der Waals surface area contributed by atoms with Gasteiger partial charge in [-0.05, 0) is 18.4 Å². The van der Waals surface area contributed by atoms with Crippen LogP contribution in [0.25, 0.3) is 0 Å². The van der Waals surface area contributed by atoms with Crippen LogP contribution in [0, 0.1) is 0 Å². The van der Waals surface area contributed by atoms with Gasteiger partial charge in [0.15, 0.2) is 0 Å². The maximum absolute atomic E-state index is 12.6. The minimum Gasteiger partial charge on any atom is -0.376 e. The van der Waals surface area contributed by atoms with Gasteiger partial charge in [-0.3, -0.25) is 38.5 Å². The summed E-state index contributed by atoms with van der Waals surface area (Å²) in [5.41, 5.74) is 0.754. The van der Waals surface area contributed by atoms with Gasteiger partial charge in [0.05, 0.1) is 19.6 Å². The van der Waals surface area contributed by atoms with Crippen LogP contribution in [0.5, 0.6) is 0 Å². The fourth-order valence-corrected chi connectivity index (χ4v) is 3.64. The molecule has 0 unspecified atom stereocenters. The van der Waals surface area contributed by atoms with Gasteiger partial charge in [0.25, 0.3) is 11.8 Å². The molecule has 14 heteroatoms. The summed E-state index contributed by atoms with van der Waals surface area (Å²) in [6.07, 6.45) is 4.39. The maximum atomic E-state index is 12.6. The van der Waals surface area contributed by atoms with E-state index in [0.29, 0.717) is 19.3 Å². The average Bonchev–Trinajstić information content (AvgIpc) is 3.26. The van der Waals surface area contributed by atoms with E-state index in [-0.39, 0.29) is 43.7 Å². The number of imide groups is 1. The largest absolute Gasteiger partial charge is 0.376 e. The standard InChI is InChI=1S/C26H34N6O8/c33-17-30-22(36)15-29-26(40)19(13-18-7-3-1-4-8-18)31-23(37)16-28-21(35)14-27-20(34)9-5-2-6-12-32-24(38)10-11-25(32)39/h1,3-4,7-8,10-11,19,33H,2,5-6,9,12-17H2,(H,27,34)(H,28,35)(H,29,40)(H,30,36)(H,31,37)/t19-/m0/s1. The van der Waals surface area contributed by atoms with Crippen LogP contribution in [-0.2, 0) is 40.0 Å². The molecule has 1 heterocycles. The van der Waals surface area contributed by atoms with Crippen molar-refractivity contribution in [2.75, 3.05) is 32.9 Å². The number of nitrogens with zero attached hydrogens (tertiary/aromatic N) is 1. The lowest BCUT2D eigenvalue weighted by Gasteiger charge is -2.19. The number of aliphatic hydroxyl groups is 1. The zero-order valence-electron chi connectivity index (χ0n) is 21.9. The Morgan fingerprint density at radius 3 is 2.00 bits per heavy atom. The molecule has 0 saturated heterocycles. The van der Waals surface area contributed by atoms with Crippen LogP contribution >= 0.6 is 0 Å². The number of unbranched alkanes of at least 4 members (excludes halogenated alkanes) is 2. The second kappa shape index (κ2) is 17.1. The molecule has 1 aromatic rings. The fraction of sp³-hybridized carbons (Fsp3) is 0.423. The van der Waals surface area contributed by atoms with Gasteiger partial charge in [0, 0.05) is 31.5 Å². The van der Waals surface area contributed by atoms with Crippen molar-refractivity contribution in [3.63, 3.8) is 0 Å². The summed E-state index contributed by atoms with van der Waals surface area (Å²) in [5.74, 6) is -3.55. The van der Waals surface area contributed by atoms with E-state index in [9.17, 15) is 33.6 Å². The van der Waals surface area contributed by atoms with E-state index in [1.54, 1.807) is 30.3 Å². The van der Waals surface area contributed by atoms with Crippen molar-refractivity contribution in [1.82, 2.24) is 31.5 Å². The molecule has 216 valence electrons. The SMILES string of the molecule is O=C(CCCCCN1C(=O)C=CC1=O)NCC(=O)NCC(=O)N[C@@H](Cc1ccccc1)C(=O)NCC(=O)NCO. The van der Waals surface area contributed by atoms with Gasteiger partial charge in [0.2, 0.25) is 29.5 Å². The topological polar surface area (TPSA) is 203 Å². The summed E-state index contributed by atoms with van der Waals surface area (Å²) in [6, 6.07) is 7.83. The summed E-state index contributed by atoms with van der Waals surface area (Å²) in [4.78, 5) is 84.6. The number of nitrogens with one attached hydrogen (secondary N) is 5. The molecule has 7 amide bonds. The van der Waals surface area contributed by atoms with Crippen molar-refractivity contribution < 1.29 is 38.7 Å². The Balaban J connectivity index is 1.68. The molecule has 0 radical (unpaired) electrons. The highest BCUT2D eigenvalue weighted by atomic mass is 16.3. The molecule has 1 aromatic carbocycles. The van der Waals surface area contributed by atoms with Crippen LogP contribution in [0.4, 0.5) is 0 Å². The minimum atomic E-state index is -1.04. The highest BCUT2D eigenvalue weighted by Gasteiger charge is 2.23. The zero-order valence-corrected chi connectivity index (χ0v) is 21.9. The monoisotopic (exact) mass is 558 g/mol. The Kier molecular flexibility index (Phi) is 13.5. The highest BCUT2D eigenvalue weighted by molar-refractivity contribution is 6.12. The molecule has 1 aliphatic heterocycles. The van der Waals surface area contributed by atoms with Crippen molar-refractivity contribution in [2.45, 2.75) is 38.1 Å². The molecule has 0 saturated carbocycles. The quantitative estimate of drug-likeness (QED) is 0.0690. The summed E-state index contributed by atoms with van der Waals surface area (Å²) in [7, 11) is 0. The number of carbonyl (C=O) groups is 7. The van der Waals surface area contributed by atoms with Crippen molar-refractivity contribution >= 4 is 41.4 Å². The number of hydrogen-bond acceptors (Lipinski definition) is 8. The number of rotatable bonds is 17. The number of amides is 7. The van der Waals surface area contributed by atoms with Gasteiger partial charge in [-0.1, -0.05) is 36.8 Å². The van der Waals surface area contributed by atoms with Crippen molar-refractivity contribution in [1.29, 1.82) is 0 Å². The van der Waals surface area contributed by atoms with Gasteiger partial charge in [-0.15, -0.1) is 0 Å². The predicted octanol–water partition coefficient (Wildman–Crippen LogP) is -2.39. The Labute approximate surface area is 230 Å². The van der Waals surface area contributed by atoms with Crippen LogP contribution in [0.1, 0.15) is 31.2 Å². The second-order valence-corrected chi connectivity index (χ2v) is 8.81. The number of carbonyl (C=O) groups excluding carboxylic acids is 7. The number of hydrogen-bond donors (Lipinski definition) is 6. The maximum Gasteiger partial charge on any atom is 0.253 e. The zero-order chi connectivity index (χ0) is 29.3. The van der Waals surface area contributed by atoms with E-state index in [1.165, 1.54) is 12.2 Å². The first kappa shape index (κ1) is 31.6. The van der Waals surface area contributed by atoms with E-state index < -0.39 is 49.5 Å². The summed E-state index contributed by atoms with van der Waals surface area (Å²) in [5, 5.41) is 20.6. The molecule has 1 aliphatic rings. The number of aliphatic hydroxyl groups excluding tert-OH is 1. The first-order chi connectivity index (χ1) is 19.2. The fourth-order valence-electron chi connectivity index (χ4n) is 3.64. The smallest absolute Gasteiger partial charge is 0.253 e. The highest BCUT2D eigenvalue weighted by Crippen LogP contribution is 2.07. The van der Waals surface area contributed by atoms with E-state index in [2.05, 4.69) is 26.6 Å². The van der Waals surface area contributed by atoms with Crippen LogP contribution in [0.2, 0.25) is 0 Å². The van der Waals surface area contributed by atoms with E-state index >= 15 is 0 Å². The van der Waals surface area contributed by atoms with Gasteiger partial charge in [0.1, 0.15) is 12.8 Å². The Hall–Kier alpha value is -4.59. The summed E-state index contributed by atoms with van der Waals surface area (Å²) >= 11 is 0. The van der Waals surface area contributed by atoms with Crippen LogP contribution in [-0.4, -0.2) is 90.3 Å². The molecule has 0 fully saturated rings. The molecule has 0 aliphatic carbocycles. The second-order valence-electron chi connectivity index (χ2n) is 8.81. The van der Waals surface area contributed by atoms with E-state index in [0.717, 1.165) is 10.5 Å². The van der Waals surface area contributed by atoms with Crippen LogP contribution < -0.4 is 26.6 Å². The van der Waals surface area contributed by atoms with Gasteiger partial charge in [-0.25, -0.2) is 0 Å². The lowest BCUT2D eigenvalue weighted by Crippen LogP contribution is -2.52. The molecular weight excluding hydrogens is 524 g/mol. The minimum absolute atomic E-state index is 0.131. The molecule has 0 spiro atoms. The molecule has 40 heavy (non-hydrogen) atoms. The summed E-state index contributed by atoms with van der Waals surface area (Å²) in [6.45, 7) is -1.48. The molecule has 14 nitrogen and oxygen atoms in total. The molecule has 1 atom stereocenters. The molecule has 0 aromatic heterocycles. The van der Waals surface area contributed by atoms with Crippen molar-refractivity contribution in [3.8, 4) is 0 Å². The van der Waals surface area contributed by atoms with Crippen molar-refractivity contribution in [3.05, 3.63) is 48.0 Å². The normalized spacial score (nSPS) is 13.0. The summed E-state index contributed by atoms with van der Waals surface area (Å²) < 4.78 is 0. The van der Waals surface area contributed by atoms with Crippen molar-refractivity contribution in [2.24, 2.45) is 0 Å². The Morgan fingerprint density at radius 2 is 1.32 bits per heavy atom. The third kappa shape index (κ3) is 11.9. The predicted molar refractivity (Wildman–Crippen MR) is 141 cm³/mol. The third-order valence-electron chi connectivity index (χ3n) is 5.71. The first-order valence-electron chi connectivity index (χ1n) is 12.7. The lowest BCUT2D eigenvalue weighted by atomic mass is 10.1. The third-order valence-corrected chi connectivity index (χ3v) is 5.71. The molecule has 0 bridgehead atoms. The van der Waals surface area contributed by atoms with Gasteiger partial charge < -0.3 is 31.7 Å². The first-order valence-corrected chi connectivity index (χ1v) is 12.7. The Bertz CT molecular complexity index is 1090. The number of benzene rings is 1. The van der Waals surface area contributed by atoms with Crippen LogP contribution in [0.3, 0.4) is 0 Å². The molecular formula is C26H34N6O8.